The van der Waals surface area contributed by atoms with Crippen LogP contribution < -0.4 is 14.2 Å². The van der Waals surface area contributed by atoms with Crippen LogP contribution in [0, 0.1) is 5.82 Å². The van der Waals surface area contributed by atoms with E-state index < -0.39 is 31.1 Å². The van der Waals surface area contributed by atoms with Crippen molar-refractivity contribution in [3.8, 4) is 17.2 Å². The van der Waals surface area contributed by atoms with E-state index in [-0.39, 0.29) is 0 Å². The van der Waals surface area contributed by atoms with Gasteiger partial charge >= 0.3 is 10.1 Å². The van der Waals surface area contributed by atoms with Crippen LogP contribution in [0.1, 0.15) is 0 Å². The van der Waals surface area contributed by atoms with Gasteiger partial charge in [0.1, 0.15) is 28.0 Å². The van der Waals surface area contributed by atoms with E-state index in [4.69, 9.17) is 17.8 Å². The average molecular weight is 529 g/mol. The van der Waals surface area contributed by atoms with Crippen molar-refractivity contribution in [2.75, 3.05) is 21.3 Å². The third-order valence-corrected chi connectivity index (χ3v) is 10.7. The summed E-state index contributed by atoms with van der Waals surface area (Å²) in [4.78, 5) is 1.16. The lowest BCUT2D eigenvalue weighted by Gasteiger charge is -2.39. The number of methoxy groups -OCH3 is 3. The fourth-order valence-electron chi connectivity index (χ4n) is 3.65. The number of halogens is 1. The summed E-state index contributed by atoms with van der Waals surface area (Å²) in [7, 11) is -2.89. The standard InChI is InChI=1S/C27H25FO6S2/c1-31-20-8-14-23(15-9-20)35(24-16-10-21(32-2)11-17-24,25-18-12-22(33-3)13-19-25)34-36(29,30)27-7-5-4-6-26(27)28/h4-19H,1-3H3. The molecule has 0 unspecified atom stereocenters. The SMILES string of the molecule is COc1ccc(S(OS(=O)(=O)c2ccccc2F)(c2ccc(OC)cc2)c2ccc(OC)cc2)cc1. The molecule has 0 aromatic heterocycles. The molecule has 0 aliphatic carbocycles. The molecule has 0 spiro atoms. The van der Waals surface area contributed by atoms with Gasteiger partial charge in [-0.2, -0.15) is 8.42 Å². The lowest BCUT2D eigenvalue weighted by Crippen LogP contribution is -2.15. The highest BCUT2D eigenvalue weighted by Crippen LogP contribution is 2.70. The quantitative estimate of drug-likeness (QED) is 0.249. The normalized spacial score (nSPS) is 12.1. The second kappa shape index (κ2) is 10.6. The van der Waals surface area contributed by atoms with Gasteiger partial charge in [0.2, 0.25) is 0 Å². The van der Waals surface area contributed by atoms with E-state index in [1.165, 1.54) is 18.2 Å². The topological polar surface area (TPSA) is 71.1 Å². The number of hydrogen-bond acceptors (Lipinski definition) is 6. The Morgan fingerprint density at radius 2 is 0.917 bits per heavy atom. The minimum absolute atomic E-state index is 0.544. The van der Waals surface area contributed by atoms with E-state index in [9.17, 15) is 12.8 Å². The van der Waals surface area contributed by atoms with E-state index in [0.717, 1.165) is 6.07 Å². The van der Waals surface area contributed by atoms with Crippen LogP contribution in [0.15, 0.2) is 117 Å². The maximum atomic E-state index is 14.7. The summed E-state index contributed by atoms with van der Waals surface area (Å²) in [5.41, 5.74) is 0. The van der Waals surface area contributed by atoms with Crippen LogP contribution in [0.25, 0.3) is 0 Å². The summed E-state index contributed by atoms with van der Waals surface area (Å²) in [5.74, 6) is 0.875. The summed E-state index contributed by atoms with van der Waals surface area (Å²) in [5, 5.41) is 0. The molecular formula is C27H25FO6S2. The Labute approximate surface area is 211 Å². The predicted molar refractivity (Wildman–Crippen MR) is 136 cm³/mol. The van der Waals surface area contributed by atoms with Crippen molar-refractivity contribution in [2.45, 2.75) is 19.6 Å². The Hall–Kier alpha value is -3.53. The van der Waals surface area contributed by atoms with Crippen molar-refractivity contribution in [1.82, 2.24) is 0 Å². The van der Waals surface area contributed by atoms with Crippen LogP contribution in [0.5, 0.6) is 17.2 Å². The van der Waals surface area contributed by atoms with E-state index in [1.54, 1.807) is 94.1 Å². The minimum atomic E-state index is -4.57. The lowest BCUT2D eigenvalue weighted by atomic mass is 10.3. The first-order valence-electron chi connectivity index (χ1n) is 10.8. The van der Waals surface area contributed by atoms with Crippen LogP contribution >= 0.6 is 10.3 Å². The fraction of sp³-hybridized carbons (Fsp3) is 0.111. The summed E-state index contributed by atoms with van der Waals surface area (Å²) < 4.78 is 64.0. The maximum Gasteiger partial charge on any atom is 0.310 e. The van der Waals surface area contributed by atoms with Crippen molar-refractivity contribution < 1.29 is 30.6 Å². The van der Waals surface area contributed by atoms with Gasteiger partial charge in [-0.15, -0.1) is 0 Å². The highest BCUT2D eigenvalue weighted by molar-refractivity contribution is 8.33. The van der Waals surface area contributed by atoms with Crippen LogP contribution in [0.2, 0.25) is 0 Å². The molecule has 0 radical (unpaired) electrons. The van der Waals surface area contributed by atoms with Crippen molar-refractivity contribution in [2.24, 2.45) is 0 Å². The van der Waals surface area contributed by atoms with Crippen LogP contribution in [-0.2, 0) is 13.7 Å². The van der Waals surface area contributed by atoms with Gasteiger partial charge in [0.15, 0.2) is 0 Å². The molecule has 0 aliphatic heterocycles. The summed E-state index contributed by atoms with van der Waals surface area (Å²) >= 11 is 0. The Balaban J connectivity index is 2.03. The van der Waals surface area contributed by atoms with Gasteiger partial charge in [-0.1, -0.05) is 12.1 Å². The van der Waals surface area contributed by atoms with E-state index >= 15 is 0 Å². The molecule has 4 aromatic carbocycles. The lowest BCUT2D eigenvalue weighted by molar-refractivity contribution is 0.414. The molecule has 0 fully saturated rings. The second-order valence-electron chi connectivity index (χ2n) is 7.54. The molecule has 0 bridgehead atoms. The average Bonchev–Trinajstić information content (AvgIpc) is 2.92. The molecule has 0 atom stereocenters. The second-order valence-corrected chi connectivity index (χ2v) is 12.0. The van der Waals surface area contributed by atoms with E-state index in [0.29, 0.717) is 31.9 Å². The molecule has 0 saturated heterocycles. The first kappa shape index (κ1) is 25.6. The van der Waals surface area contributed by atoms with Crippen LogP contribution in [0.3, 0.4) is 0 Å². The molecule has 6 nitrogen and oxygen atoms in total. The summed E-state index contributed by atoms with van der Waals surface area (Å²) in [6.07, 6.45) is 0. The monoisotopic (exact) mass is 528 g/mol. The van der Waals surface area contributed by atoms with Gasteiger partial charge in [-0.3, -0.25) is 0 Å². The number of hydrogen-bond donors (Lipinski definition) is 0. The first-order valence-corrected chi connectivity index (χ1v) is 13.8. The number of benzene rings is 4. The molecule has 0 heterocycles. The third-order valence-electron chi connectivity index (χ3n) is 5.47. The van der Waals surface area contributed by atoms with Gasteiger partial charge in [0.25, 0.3) is 0 Å². The zero-order chi connectivity index (χ0) is 25.8. The van der Waals surface area contributed by atoms with Crippen LogP contribution in [0.4, 0.5) is 4.39 Å². The molecule has 9 heteroatoms. The van der Waals surface area contributed by atoms with Gasteiger partial charge in [0, 0.05) is 14.7 Å². The molecule has 4 aromatic rings. The molecule has 36 heavy (non-hydrogen) atoms. The van der Waals surface area contributed by atoms with Crippen molar-refractivity contribution in [3.63, 3.8) is 0 Å². The smallest absolute Gasteiger partial charge is 0.310 e. The Kier molecular flexibility index (Phi) is 7.53. The highest BCUT2D eigenvalue weighted by Gasteiger charge is 2.39. The minimum Gasteiger partial charge on any atom is -0.497 e. The Bertz CT molecular complexity index is 1310. The molecule has 0 N–H and O–H groups in total. The summed E-state index contributed by atoms with van der Waals surface area (Å²) in [6, 6.07) is 26.0. The summed E-state index contributed by atoms with van der Waals surface area (Å²) in [6.45, 7) is 0. The van der Waals surface area contributed by atoms with Gasteiger partial charge in [-0.05, 0) is 95.2 Å². The van der Waals surface area contributed by atoms with Crippen molar-refractivity contribution in [3.05, 3.63) is 103 Å². The van der Waals surface area contributed by atoms with E-state index in [2.05, 4.69) is 0 Å². The Morgan fingerprint density at radius 3 is 1.25 bits per heavy atom. The highest BCUT2D eigenvalue weighted by atomic mass is 32.3. The van der Waals surface area contributed by atoms with Crippen LogP contribution in [-0.4, -0.2) is 29.7 Å². The zero-order valence-electron chi connectivity index (χ0n) is 19.9. The molecule has 0 amide bonds. The fourth-order valence-corrected chi connectivity index (χ4v) is 8.88. The zero-order valence-corrected chi connectivity index (χ0v) is 21.5. The van der Waals surface area contributed by atoms with Gasteiger partial charge in [-0.25, -0.2) is 8.02 Å². The molecule has 0 saturated carbocycles. The van der Waals surface area contributed by atoms with Gasteiger partial charge < -0.3 is 14.2 Å². The molecule has 0 aliphatic rings. The van der Waals surface area contributed by atoms with E-state index in [1.807, 2.05) is 0 Å². The predicted octanol–water partition coefficient (Wildman–Crippen LogP) is 6.45. The number of ether oxygens (including phenoxy) is 3. The first-order chi connectivity index (χ1) is 17.3. The molecular weight excluding hydrogens is 503 g/mol. The third kappa shape index (κ3) is 4.90. The van der Waals surface area contributed by atoms with Gasteiger partial charge in [0.05, 0.1) is 21.3 Å². The van der Waals surface area contributed by atoms with Crippen molar-refractivity contribution in [1.29, 1.82) is 0 Å². The number of rotatable bonds is 9. The molecule has 4 rings (SSSR count). The van der Waals surface area contributed by atoms with Crippen molar-refractivity contribution >= 4 is 20.4 Å². The molecule has 188 valence electrons. The maximum absolute atomic E-state index is 14.7. The largest absolute Gasteiger partial charge is 0.497 e. The Morgan fingerprint density at radius 1 is 0.556 bits per heavy atom.